The number of imidazole rings is 1. The summed E-state index contributed by atoms with van der Waals surface area (Å²) in [7, 11) is 1.73. The Morgan fingerprint density at radius 3 is 2.69 bits per heavy atom. The molecule has 1 heterocycles. The van der Waals surface area contributed by atoms with Gasteiger partial charge in [0.2, 0.25) is 0 Å². The molecule has 0 fully saturated rings. The molecule has 0 bridgehead atoms. The van der Waals surface area contributed by atoms with Gasteiger partial charge >= 0.3 is 5.97 Å². The third kappa shape index (κ3) is 1.71. The van der Waals surface area contributed by atoms with Crippen molar-refractivity contribution in [3.8, 4) is 0 Å². The Morgan fingerprint density at radius 2 is 2.23 bits per heavy atom. The zero-order chi connectivity index (χ0) is 10.0. The molecule has 0 radical (unpaired) electrons. The number of rotatable bonds is 3. The van der Waals surface area contributed by atoms with Gasteiger partial charge in [-0.05, 0) is 13.3 Å². The topological polar surface area (TPSA) is 55.1 Å². The Labute approximate surface area is 77.2 Å². The van der Waals surface area contributed by atoms with Gasteiger partial charge in [-0.1, -0.05) is 13.3 Å². The molecule has 0 aliphatic carbocycles. The summed E-state index contributed by atoms with van der Waals surface area (Å²) >= 11 is 0. The zero-order valence-electron chi connectivity index (χ0n) is 8.16. The molecule has 72 valence electrons. The van der Waals surface area contributed by atoms with E-state index in [4.69, 9.17) is 5.11 Å². The van der Waals surface area contributed by atoms with Crippen molar-refractivity contribution >= 4 is 5.97 Å². The summed E-state index contributed by atoms with van der Waals surface area (Å²) in [5, 5.41) is 8.93. The first kappa shape index (κ1) is 9.77. The minimum atomic E-state index is -0.897. The van der Waals surface area contributed by atoms with Crippen LogP contribution in [0.5, 0.6) is 0 Å². The number of carbonyl (C=O) groups is 1. The second-order valence-corrected chi connectivity index (χ2v) is 3.07. The summed E-state index contributed by atoms with van der Waals surface area (Å²) in [5.41, 5.74) is 1.01. The number of hydrogen-bond acceptors (Lipinski definition) is 2. The summed E-state index contributed by atoms with van der Waals surface area (Å²) in [6.45, 7) is 3.82. The zero-order valence-corrected chi connectivity index (χ0v) is 8.16. The molecule has 1 aromatic heterocycles. The lowest BCUT2D eigenvalue weighted by molar-refractivity contribution is 0.0685. The van der Waals surface area contributed by atoms with E-state index in [0.29, 0.717) is 11.4 Å². The first-order valence-corrected chi connectivity index (χ1v) is 4.33. The van der Waals surface area contributed by atoms with Gasteiger partial charge in [-0.25, -0.2) is 9.78 Å². The molecule has 1 aromatic rings. The van der Waals surface area contributed by atoms with Gasteiger partial charge in [0.1, 0.15) is 11.5 Å². The number of aryl methyl sites for hydroxylation is 2. The lowest BCUT2D eigenvalue weighted by Crippen LogP contribution is -2.08. The molecular formula is C9H14N2O2. The largest absolute Gasteiger partial charge is 0.477 e. The molecule has 0 saturated heterocycles. The highest BCUT2D eigenvalue weighted by atomic mass is 16.4. The molecule has 0 atom stereocenters. The van der Waals surface area contributed by atoms with Crippen molar-refractivity contribution in [2.75, 3.05) is 0 Å². The van der Waals surface area contributed by atoms with Crippen LogP contribution in [-0.2, 0) is 13.5 Å². The van der Waals surface area contributed by atoms with Crippen LogP contribution in [-0.4, -0.2) is 20.6 Å². The van der Waals surface area contributed by atoms with E-state index in [2.05, 4.69) is 4.98 Å². The van der Waals surface area contributed by atoms with Gasteiger partial charge in [0, 0.05) is 7.05 Å². The SMILES string of the molecule is CCCc1nc(C)n(C)c1C(=O)O. The predicted octanol–water partition coefficient (Wildman–Crippen LogP) is 1.38. The highest BCUT2D eigenvalue weighted by Gasteiger charge is 2.17. The van der Waals surface area contributed by atoms with Gasteiger partial charge < -0.3 is 9.67 Å². The predicted molar refractivity (Wildman–Crippen MR) is 48.9 cm³/mol. The maximum Gasteiger partial charge on any atom is 0.354 e. The van der Waals surface area contributed by atoms with Crippen LogP contribution >= 0.6 is 0 Å². The minimum absolute atomic E-state index is 0.319. The molecule has 0 aromatic carbocycles. The number of aromatic nitrogens is 2. The summed E-state index contributed by atoms with van der Waals surface area (Å²) in [6, 6.07) is 0. The van der Waals surface area contributed by atoms with Crippen LogP contribution in [0.1, 0.15) is 35.4 Å². The van der Waals surface area contributed by atoms with Crippen LogP contribution in [0, 0.1) is 6.92 Å². The van der Waals surface area contributed by atoms with Crippen LogP contribution in [0.4, 0.5) is 0 Å². The average Bonchev–Trinajstić information content (AvgIpc) is 2.28. The van der Waals surface area contributed by atoms with Gasteiger partial charge in [0.25, 0.3) is 0 Å². The number of aromatic carboxylic acids is 1. The number of carboxylic acid groups (broad SMARTS) is 1. The lowest BCUT2D eigenvalue weighted by Gasteiger charge is -1.99. The van der Waals surface area contributed by atoms with E-state index in [1.807, 2.05) is 13.8 Å². The van der Waals surface area contributed by atoms with Crippen LogP contribution in [0.3, 0.4) is 0 Å². The Balaban J connectivity index is 3.18. The average molecular weight is 182 g/mol. The van der Waals surface area contributed by atoms with Crippen LogP contribution < -0.4 is 0 Å². The van der Waals surface area contributed by atoms with E-state index in [9.17, 15) is 4.79 Å². The number of nitrogens with zero attached hydrogens (tertiary/aromatic N) is 2. The summed E-state index contributed by atoms with van der Waals surface area (Å²) in [5.74, 6) is -0.146. The highest BCUT2D eigenvalue weighted by Crippen LogP contribution is 2.11. The van der Waals surface area contributed by atoms with E-state index in [-0.39, 0.29) is 0 Å². The van der Waals surface area contributed by atoms with Gasteiger partial charge in [-0.3, -0.25) is 0 Å². The molecule has 0 unspecified atom stereocenters. The second-order valence-electron chi connectivity index (χ2n) is 3.07. The van der Waals surface area contributed by atoms with Crippen LogP contribution in [0.2, 0.25) is 0 Å². The Hall–Kier alpha value is -1.32. The lowest BCUT2D eigenvalue weighted by atomic mass is 10.2. The van der Waals surface area contributed by atoms with E-state index in [1.54, 1.807) is 11.6 Å². The maximum absolute atomic E-state index is 10.9. The first-order valence-electron chi connectivity index (χ1n) is 4.33. The van der Waals surface area contributed by atoms with Gasteiger partial charge in [-0.15, -0.1) is 0 Å². The maximum atomic E-state index is 10.9. The fourth-order valence-electron chi connectivity index (χ4n) is 1.36. The van der Waals surface area contributed by atoms with E-state index < -0.39 is 5.97 Å². The van der Waals surface area contributed by atoms with Crippen molar-refractivity contribution in [2.24, 2.45) is 7.05 Å². The van der Waals surface area contributed by atoms with Crippen molar-refractivity contribution in [2.45, 2.75) is 26.7 Å². The molecule has 4 nitrogen and oxygen atoms in total. The molecule has 0 amide bonds. The molecule has 13 heavy (non-hydrogen) atoms. The highest BCUT2D eigenvalue weighted by molar-refractivity contribution is 5.87. The monoisotopic (exact) mass is 182 g/mol. The van der Waals surface area contributed by atoms with E-state index >= 15 is 0 Å². The smallest absolute Gasteiger partial charge is 0.354 e. The van der Waals surface area contributed by atoms with E-state index in [0.717, 1.165) is 18.7 Å². The van der Waals surface area contributed by atoms with E-state index in [1.165, 1.54) is 0 Å². The minimum Gasteiger partial charge on any atom is -0.477 e. The van der Waals surface area contributed by atoms with Gasteiger partial charge in [0.15, 0.2) is 0 Å². The standard InChI is InChI=1S/C9H14N2O2/c1-4-5-7-8(9(12)13)11(3)6(2)10-7/h4-5H2,1-3H3,(H,12,13). The molecule has 1 rings (SSSR count). The molecule has 0 aliphatic heterocycles. The third-order valence-corrected chi connectivity index (χ3v) is 2.08. The Morgan fingerprint density at radius 1 is 1.62 bits per heavy atom. The van der Waals surface area contributed by atoms with Crippen LogP contribution in [0.25, 0.3) is 0 Å². The van der Waals surface area contributed by atoms with Gasteiger partial charge in [-0.2, -0.15) is 0 Å². The van der Waals surface area contributed by atoms with Crippen molar-refractivity contribution < 1.29 is 9.90 Å². The normalized spacial score (nSPS) is 10.4. The fourth-order valence-corrected chi connectivity index (χ4v) is 1.36. The molecular weight excluding hydrogens is 168 g/mol. The first-order chi connectivity index (χ1) is 6.07. The molecule has 0 spiro atoms. The van der Waals surface area contributed by atoms with Crippen molar-refractivity contribution in [1.29, 1.82) is 0 Å². The second kappa shape index (κ2) is 3.60. The quantitative estimate of drug-likeness (QED) is 0.768. The van der Waals surface area contributed by atoms with Crippen LogP contribution in [0.15, 0.2) is 0 Å². The molecule has 0 aliphatic rings. The molecule has 4 heteroatoms. The summed E-state index contributed by atoms with van der Waals surface area (Å²) in [6.07, 6.45) is 1.64. The fraction of sp³-hybridized carbons (Fsp3) is 0.556. The molecule has 0 saturated carbocycles. The summed E-state index contributed by atoms with van der Waals surface area (Å²) < 4.78 is 1.62. The molecule has 1 N–H and O–H groups in total. The Kier molecular flexibility index (Phi) is 2.70. The van der Waals surface area contributed by atoms with Crippen molar-refractivity contribution in [3.05, 3.63) is 17.2 Å². The number of carboxylic acids is 1. The third-order valence-electron chi connectivity index (χ3n) is 2.08. The summed E-state index contributed by atoms with van der Waals surface area (Å²) in [4.78, 5) is 15.1. The Bertz CT molecular complexity index is 329. The van der Waals surface area contributed by atoms with Gasteiger partial charge in [0.05, 0.1) is 5.69 Å². The number of hydrogen-bond donors (Lipinski definition) is 1. The van der Waals surface area contributed by atoms with Crippen molar-refractivity contribution in [3.63, 3.8) is 0 Å². The van der Waals surface area contributed by atoms with Crippen molar-refractivity contribution in [1.82, 2.24) is 9.55 Å².